The number of hydrogen-bond acceptors (Lipinski definition) is 3. The van der Waals surface area contributed by atoms with E-state index >= 15 is 0 Å². The van der Waals surface area contributed by atoms with Gasteiger partial charge >= 0.3 is 0 Å². The van der Waals surface area contributed by atoms with E-state index in [0.29, 0.717) is 38.9 Å². The summed E-state index contributed by atoms with van der Waals surface area (Å²) in [7, 11) is 0. The first kappa shape index (κ1) is 14.0. The molecule has 5 rings (SSSR count). The molecule has 0 aromatic rings. The van der Waals surface area contributed by atoms with E-state index in [1.807, 2.05) is 0 Å². The molecule has 3 heteroatoms. The van der Waals surface area contributed by atoms with Crippen LogP contribution in [0, 0.1) is 34.5 Å². The third kappa shape index (κ3) is 1.38. The molecule has 4 bridgehead atoms. The van der Waals surface area contributed by atoms with Crippen LogP contribution < -0.4 is 0 Å². The van der Waals surface area contributed by atoms with Crippen molar-refractivity contribution in [3.05, 3.63) is 0 Å². The lowest BCUT2D eigenvalue weighted by molar-refractivity contribution is -0.157. The van der Waals surface area contributed by atoms with E-state index in [1.165, 1.54) is 24.3 Å². The average molecular weight is 311 g/mol. The highest BCUT2D eigenvalue weighted by molar-refractivity contribution is 8.21. The van der Waals surface area contributed by atoms with E-state index in [2.05, 4.69) is 51.2 Å². The molecule has 0 amide bonds. The highest BCUT2D eigenvalue weighted by Gasteiger charge is 2.75. The van der Waals surface area contributed by atoms with E-state index in [0.717, 1.165) is 6.42 Å². The van der Waals surface area contributed by atoms with E-state index in [-0.39, 0.29) is 5.41 Å². The Labute approximate surface area is 131 Å². The van der Waals surface area contributed by atoms with Gasteiger partial charge in [-0.3, -0.25) is 4.79 Å². The maximum absolute atomic E-state index is 13.1. The number of thioether (sulfide) groups is 2. The lowest BCUT2D eigenvalue weighted by Crippen LogP contribution is -2.57. The number of carbonyl (C=O) groups is 1. The Balaban J connectivity index is 1.81. The van der Waals surface area contributed by atoms with Crippen molar-refractivity contribution in [1.82, 2.24) is 0 Å². The molecule has 5 aliphatic rings. The van der Waals surface area contributed by atoms with Crippen LogP contribution in [0.3, 0.4) is 0 Å². The number of ketones is 1. The summed E-state index contributed by atoms with van der Waals surface area (Å²) in [6.07, 6.45) is 3.63. The summed E-state index contributed by atoms with van der Waals surface area (Å²) in [5, 5.41) is 0. The molecular formula is C17H26OS2. The summed E-state index contributed by atoms with van der Waals surface area (Å²) in [5.41, 5.74) is 0.394. The Morgan fingerprint density at radius 2 is 1.85 bits per heavy atom. The largest absolute Gasteiger partial charge is 0.299 e. The van der Waals surface area contributed by atoms with Crippen LogP contribution in [0.2, 0.25) is 0 Å². The van der Waals surface area contributed by atoms with Crippen molar-refractivity contribution in [2.24, 2.45) is 34.5 Å². The van der Waals surface area contributed by atoms with Crippen LogP contribution in [0.4, 0.5) is 0 Å². The first-order valence-corrected chi connectivity index (χ1v) is 10.1. The Bertz CT molecular complexity index is 468. The summed E-state index contributed by atoms with van der Waals surface area (Å²) >= 11 is 4.38. The minimum Gasteiger partial charge on any atom is -0.299 e. The quantitative estimate of drug-likeness (QED) is 0.712. The number of rotatable bonds is 1. The third-order valence-electron chi connectivity index (χ3n) is 7.19. The van der Waals surface area contributed by atoms with Crippen molar-refractivity contribution in [1.29, 1.82) is 0 Å². The molecular weight excluding hydrogens is 284 g/mol. The van der Waals surface area contributed by atoms with E-state index in [4.69, 9.17) is 0 Å². The predicted octanol–water partition coefficient (Wildman–Crippen LogP) is 4.46. The van der Waals surface area contributed by atoms with Crippen LogP contribution >= 0.6 is 23.5 Å². The number of hydrogen-bond donors (Lipinski definition) is 0. The standard InChI is InChI=1S/C17H26OS2/c1-10(2)11-7-13-15(3)9-17(19-5-6-20-17)16(13,4)8-12(11)14(15)18/h10-13H,5-9H2,1-4H3/t11-,12+,13-,15-,16-/m0/s1. The van der Waals surface area contributed by atoms with Gasteiger partial charge in [0.05, 0.1) is 4.08 Å². The van der Waals surface area contributed by atoms with Crippen molar-refractivity contribution in [3.63, 3.8) is 0 Å². The van der Waals surface area contributed by atoms with Crippen molar-refractivity contribution in [3.8, 4) is 0 Å². The number of Topliss-reactive ketones (excluding diaryl/α,β-unsaturated/α-hetero) is 1. The molecule has 112 valence electrons. The first-order chi connectivity index (χ1) is 9.34. The number of carbonyl (C=O) groups excluding carboxylic acids is 1. The molecule has 0 aromatic heterocycles. The van der Waals surface area contributed by atoms with E-state index < -0.39 is 0 Å². The lowest BCUT2D eigenvalue weighted by atomic mass is 9.47. The zero-order valence-corrected chi connectivity index (χ0v) is 14.7. The van der Waals surface area contributed by atoms with Gasteiger partial charge in [-0.15, -0.1) is 23.5 Å². The molecule has 5 atom stereocenters. The molecule has 1 saturated heterocycles. The van der Waals surface area contributed by atoms with Crippen LogP contribution in [-0.2, 0) is 4.79 Å². The van der Waals surface area contributed by atoms with Gasteiger partial charge in [0.2, 0.25) is 0 Å². The minimum absolute atomic E-state index is 0.00655. The Morgan fingerprint density at radius 3 is 2.45 bits per heavy atom. The average Bonchev–Trinajstić information content (AvgIpc) is 2.90. The molecule has 5 fully saturated rings. The van der Waals surface area contributed by atoms with Gasteiger partial charge in [-0.05, 0) is 42.4 Å². The summed E-state index contributed by atoms with van der Waals surface area (Å²) in [4.78, 5) is 13.1. The van der Waals surface area contributed by atoms with Crippen molar-refractivity contribution < 1.29 is 4.79 Å². The smallest absolute Gasteiger partial charge is 0.142 e. The molecule has 1 spiro atoms. The molecule has 1 heterocycles. The Morgan fingerprint density at radius 1 is 1.20 bits per heavy atom. The summed E-state index contributed by atoms with van der Waals surface area (Å²) < 4.78 is 0.360. The second-order valence-electron chi connectivity index (χ2n) is 8.33. The lowest BCUT2D eigenvalue weighted by Gasteiger charge is -2.58. The second-order valence-corrected chi connectivity index (χ2v) is 11.4. The molecule has 20 heavy (non-hydrogen) atoms. The Hall–Kier alpha value is 0.370. The topological polar surface area (TPSA) is 17.1 Å². The van der Waals surface area contributed by atoms with Gasteiger partial charge in [0, 0.05) is 22.8 Å². The van der Waals surface area contributed by atoms with Gasteiger partial charge in [-0.1, -0.05) is 27.7 Å². The van der Waals surface area contributed by atoms with Crippen LogP contribution in [0.1, 0.15) is 47.0 Å². The SMILES string of the molecule is CC(C)[C@@H]1C[C@@H]2[C@]3(C)C[C@H]1C(=O)[C@@]2(C)CC31SCCS1. The van der Waals surface area contributed by atoms with Crippen LogP contribution in [-0.4, -0.2) is 21.4 Å². The van der Waals surface area contributed by atoms with E-state index in [9.17, 15) is 4.79 Å². The second kappa shape index (κ2) is 4.01. The van der Waals surface area contributed by atoms with E-state index in [1.54, 1.807) is 0 Å². The fourth-order valence-corrected chi connectivity index (χ4v) is 10.3. The predicted molar refractivity (Wildman–Crippen MR) is 88.0 cm³/mol. The van der Waals surface area contributed by atoms with Crippen LogP contribution in [0.15, 0.2) is 0 Å². The van der Waals surface area contributed by atoms with Gasteiger partial charge in [0.25, 0.3) is 0 Å². The normalized spacial score (nSPS) is 52.5. The Kier molecular flexibility index (Phi) is 2.81. The molecule has 1 aliphatic heterocycles. The number of fused-ring (bicyclic) bond motifs is 1. The van der Waals surface area contributed by atoms with Gasteiger partial charge in [-0.2, -0.15) is 0 Å². The minimum atomic E-state index is -0.00655. The van der Waals surface area contributed by atoms with Crippen LogP contribution in [0.25, 0.3) is 0 Å². The van der Waals surface area contributed by atoms with Gasteiger partial charge in [0.1, 0.15) is 5.78 Å². The zero-order valence-electron chi connectivity index (χ0n) is 13.1. The monoisotopic (exact) mass is 310 g/mol. The fourth-order valence-electron chi connectivity index (χ4n) is 6.23. The molecule has 4 saturated carbocycles. The first-order valence-electron chi connectivity index (χ1n) is 8.16. The zero-order chi connectivity index (χ0) is 14.3. The van der Waals surface area contributed by atoms with Crippen molar-refractivity contribution >= 4 is 29.3 Å². The highest BCUT2D eigenvalue weighted by atomic mass is 32.2. The molecule has 0 radical (unpaired) electrons. The molecule has 0 N–H and O–H groups in total. The fraction of sp³-hybridized carbons (Fsp3) is 0.941. The van der Waals surface area contributed by atoms with Crippen molar-refractivity contribution in [2.75, 3.05) is 11.5 Å². The summed E-state index contributed by atoms with van der Waals surface area (Å²) in [5.74, 6) is 5.52. The molecule has 0 unspecified atom stereocenters. The summed E-state index contributed by atoms with van der Waals surface area (Å²) in [6, 6.07) is 0. The highest BCUT2D eigenvalue weighted by Crippen LogP contribution is 2.79. The molecule has 0 aromatic carbocycles. The van der Waals surface area contributed by atoms with Gasteiger partial charge < -0.3 is 0 Å². The molecule has 1 nitrogen and oxygen atoms in total. The van der Waals surface area contributed by atoms with Gasteiger partial charge in [-0.25, -0.2) is 0 Å². The third-order valence-corrected chi connectivity index (χ3v) is 11.1. The summed E-state index contributed by atoms with van der Waals surface area (Å²) in [6.45, 7) is 9.49. The maximum Gasteiger partial charge on any atom is 0.142 e. The van der Waals surface area contributed by atoms with Crippen molar-refractivity contribution in [2.45, 2.75) is 51.0 Å². The maximum atomic E-state index is 13.1. The van der Waals surface area contributed by atoms with Gasteiger partial charge in [0.15, 0.2) is 0 Å². The molecule has 4 aliphatic carbocycles. The van der Waals surface area contributed by atoms with Crippen LogP contribution in [0.5, 0.6) is 0 Å².